The highest BCUT2D eigenvalue weighted by Gasteiger charge is 2.13. The van der Waals surface area contributed by atoms with Gasteiger partial charge in [0.25, 0.3) is 0 Å². The molecule has 0 fully saturated rings. The van der Waals surface area contributed by atoms with E-state index in [0.717, 1.165) is 17.1 Å². The number of hydrogen-bond donors (Lipinski definition) is 1. The maximum absolute atomic E-state index is 6.36. The maximum atomic E-state index is 6.36. The van der Waals surface area contributed by atoms with Gasteiger partial charge in [-0.1, -0.05) is 42.5 Å². The first-order valence-corrected chi connectivity index (χ1v) is 6.28. The monoisotopic (exact) mass is 249 g/mol. The summed E-state index contributed by atoms with van der Waals surface area (Å²) in [5.41, 5.74) is 8.31. The zero-order valence-corrected chi connectivity index (χ0v) is 10.7. The Morgan fingerprint density at radius 2 is 1.79 bits per heavy atom. The average Bonchev–Trinajstić information content (AvgIpc) is 2.46. The molecule has 94 valence electrons. The number of nitrogens with two attached hydrogens (primary N) is 1. The third-order valence-electron chi connectivity index (χ3n) is 3.27. The van der Waals surface area contributed by atoms with Crippen LogP contribution in [-0.4, -0.2) is 9.97 Å². The van der Waals surface area contributed by atoms with E-state index in [1.54, 1.807) is 6.20 Å². The van der Waals surface area contributed by atoms with Crippen LogP contribution in [0, 0.1) is 6.92 Å². The van der Waals surface area contributed by atoms with Crippen molar-refractivity contribution in [3.05, 3.63) is 71.8 Å². The molecule has 19 heavy (non-hydrogen) atoms. The Hall–Kier alpha value is -2.26. The SMILES string of the molecule is Cc1nccc(C(N)c2cccc3ccccc23)n1. The number of hydrogen-bond acceptors (Lipinski definition) is 3. The number of aryl methyl sites for hydroxylation is 1. The molecule has 0 aliphatic carbocycles. The Morgan fingerprint density at radius 1 is 1.00 bits per heavy atom. The molecule has 3 aromatic rings. The number of aromatic nitrogens is 2. The predicted octanol–water partition coefficient (Wildman–Crippen LogP) is 2.99. The lowest BCUT2D eigenvalue weighted by molar-refractivity contribution is 0.813. The minimum absolute atomic E-state index is 0.229. The number of rotatable bonds is 2. The lowest BCUT2D eigenvalue weighted by Gasteiger charge is -2.14. The van der Waals surface area contributed by atoms with Crippen molar-refractivity contribution >= 4 is 10.8 Å². The lowest BCUT2D eigenvalue weighted by Crippen LogP contribution is -2.14. The van der Waals surface area contributed by atoms with Crippen LogP contribution in [0.15, 0.2) is 54.7 Å². The molecule has 0 spiro atoms. The van der Waals surface area contributed by atoms with Crippen molar-refractivity contribution in [2.24, 2.45) is 5.73 Å². The summed E-state index contributed by atoms with van der Waals surface area (Å²) >= 11 is 0. The van der Waals surface area contributed by atoms with Crippen LogP contribution in [0.2, 0.25) is 0 Å². The molecule has 0 aliphatic rings. The first-order valence-electron chi connectivity index (χ1n) is 6.28. The molecule has 3 rings (SSSR count). The van der Waals surface area contributed by atoms with Gasteiger partial charge >= 0.3 is 0 Å². The second-order valence-electron chi connectivity index (χ2n) is 4.57. The molecular formula is C16H15N3. The van der Waals surface area contributed by atoms with E-state index in [2.05, 4.69) is 34.2 Å². The maximum Gasteiger partial charge on any atom is 0.125 e. The van der Waals surface area contributed by atoms with Gasteiger partial charge in [-0.2, -0.15) is 0 Å². The molecule has 0 saturated carbocycles. The predicted molar refractivity (Wildman–Crippen MR) is 76.7 cm³/mol. The molecule has 1 unspecified atom stereocenters. The average molecular weight is 249 g/mol. The molecule has 0 saturated heterocycles. The molecule has 0 radical (unpaired) electrons. The van der Waals surface area contributed by atoms with E-state index in [-0.39, 0.29) is 6.04 Å². The third kappa shape index (κ3) is 2.20. The first-order chi connectivity index (χ1) is 9.25. The van der Waals surface area contributed by atoms with Gasteiger partial charge in [-0.25, -0.2) is 9.97 Å². The quantitative estimate of drug-likeness (QED) is 0.759. The van der Waals surface area contributed by atoms with Crippen molar-refractivity contribution in [2.75, 3.05) is 0 Å². The molecule has 0 aliphatic heterocycles. The molecule has 1 aromatic heterocycles. The van der Waals surface area contributed by atoms with Crippen LogP contribution in [0.1, 0.15) is 23.1 Å². The second kappa shape index (κ2) is 4.78. The van der Waals surface area contributed by atoms with Gasteiger partial charge in [-0.05, 0) is 29.3 Å². The van der Waals surface area contributed by atoms with Gasteiger partial charge in [0.15, 0.2) is 0 Å². The standard InChI is InChI=1S/C16H15N3/c1-11-18-10-9-15(19-11)16(17)14-8-4-6-12-5-2-3-7-13(12)14/h2-10,16H,17H2,1H3. The fourth-order valence-electron chi connectivity index (χ4n) is 2.33. The van der Waals surface area contributed by atoms with Crippen LogP contribution >= 0.6 is 0 Å². The Labute approximate surface area is 112 Å². The van der Waals surface area contributed by atoms with Crippen molar-refractivity contribution < 1.29 is 0 Å². The van der Waals surface area contributed by atoms with E-state index < -0.39 is 0 Å². The van der Waals surface area contributed by atoms with E-state index >= 15 is 0 Å². The highest BCUT2D eigenvalue weighted by Crippen LogP contribution is 2.26. The van der Waals surface area contributed by atoms with E-state index in [1.807, 2.05) is 31.2 Å². The highest BCUT2D eigenvalue weighted by atomic mass is 14.9. The van der Waals surface area contributed by atoms with Crippen molar-refractivity contribution in [1.29, 1.82) is 0 Å². The minimum atomic E-state index is -0.229. The molecule has 0 amide bonds. The molecule has 1 heterocycles. The van der Waals surface area contributed by atoms with Crippen LogP contribution in [0.25, 0.3) is 10.8 Å². The zero-order chi connectivity index (χ0) is 13.2. The van der Waals surface area contributed by atoms with Crippen LogP contribution in [-0.2, 0) is 0 Å². The van der Waals surface area contributed by atoms with Crippen LogP contribution in [0.4, 0.5) is 0 Å². The summed E-state index contributed by atoms with van der Waals surface area (Å²) in [6.07, 6.45) is 1.75. The van der Waals surface area contributed by atoms with Gasteiger partial charge in [0, 0.05) is 6.20 Å². The van der Waals surface area contributed by atoms with Crippen LogP contribution in [0.3, 0.4) is 0 Å². The van der Waals surface area contributed by atoms with Crippen molar-refractivity contribution in [2.45, 2.75) is 13.0 Å². The van der Waals surface area contributed by atoms with Gasteiger partial charge in [0.1, 0.15) is 5.82 Å². The summed E-state index contributed by atoms with van der Waals surface area (Å²) in [7, 11) is 0. The minimum Gasteiger partial charge on any atom is -0.319 e. The van der Waals surface area contributed by atoms with Crippen LogP contribution in [0.5, 0.6) is 0 Å². The Balaban J connectivity index is 2.14. The van der Waals surface area contributed by atoms with E-state index in [0.29, 0.717) is 0 Å². The summed E-state index contributed by atoms with van der Waals surface area (Å²) in [6, 6.07) is 16.1. The first kappa shape index (κ1) is 11.8. The number of benzene rings is 2. The zero-order valence-electron chi connectivity index (χ0n) is 10.7. The van der Waals surface area contributed by atoms with Crippen molar-refractivity contribution in [1.82, 2.24) is 9.97 Å². The smallest absolute Gasteiger partial charge is 0.125 e. The summed E-state index contributed by atoms with van der Waals surface area (Å²) in [6.45, 7) is 1.87. The van der Waals surface area contributed by atoms with Gasteiger partial charge < -0.3 is 5.73 Å². The van der Waals surface area contributed by atoms with Crippen molar-refractivity contribution in [3.8, 4) is 0 Å². The van der Waals surface area contributed by atoms with Crippen LogP contribution < -0.4 is 5.73 Å². The third-order valence-corrected chi connectivity index (χ3v) is 3.27. The molecule has 1 atom stereocenters. The molecule has 2 aromatic carbocycles. The number of nitrogens with zero attached hydrogens (tertiary/aromatic N) is 2. The van der Waals surface area contributed by atoms with Gasteiger partial charge in [-0.3, -0.25) is 0 Å². The van der Waals surface area contributed by atoms with Gasteiger partial charge in [-0.15, -0.1) is 0 Å². The number of fused-ring (bicyclic) bond motifs is 1. The largest absolute Gasteiger partial charge is 0.319 e. The molecular weight excluding hydrogens is 234 g/mol. The second-order valence-corrected chi connectivity index (χ2v) is 4.57. The fraction of sp³-hybridized carbons (Fsp3) is 0.125. The lowest BCUT2D eigenvalue weighted by atomic mass is 9.97. The Kier molecular flexibility index (Phi) is 2.97. The normalized spacial score (nSPS) is 12.5. The molecule has 2 N–H and O–H groups in total. The van der Waals surface area contributed by atoms with E-state index in [1.165, 1.54) is 10.8 Å². The van der Waals surface area contributed by atoms with E-state index in [4.69, 9.17) is 5.73 Å². The van der Waals surface area contributed by atoms with E-state index in [9.17, 15) is 0 Å². The molecule has 3 nitrogen and oxygen atoms in total. The Morgan fingerprint density at radius 3 is 2.63 bits per heavy atom. The van der Waals surface area contributed by atoms with Crippen molar-refractivity contribution in [3.63, 3.8) is 0 Å². The molecule has 0 bridgehead atoms. The summed E-state index contributed by atoms with van der Waals surface area (Å²) in [4.78, 5) is 8.53. The van der Waals surface area contributed by atoms with Gasteiger partial charge in [0.2, 0.25) is 0 Å². The Bertz CT molecular complexity index is 717. The summed E-state index contributed by atoms with van der Waals surface area (Å²) in [5, 5.41) is 2.37. The fourth-order valence-corrected chi connectivity index (χ4v) is 2.33. The summed E-state index contributed by atoms with van der Waals surface area (Å²) < 4.78 is 0. The molecule has 3 heteroatoms. The highest BCUT2D eigenvalue weighted by molar-refractivity contribution is 5.86. The van der Waals surface area contributed by atoms with Gasteiger partial charge in [0.05, 0.1) is 11.7 Å². The summed E-state index contributed by atoms with van der Waals surface area (Å²) in [5.74, 6) is 0.744. The topological polar surface area (TPSA) is 51.8 Å².